The highest BCUT2D eigenvalue weighted by molar-refractivity contribution is 8.01. The van der Waals surface area contributed by atoms with E-state index >= 15 is 0 Å². The summed E-state index contributed by atoms with van der Waals surface area (Å²) >= 11 is 4.61. The van der Waals surface area contributed by atoms with Crippen LogP contribution in [0.3, 0.4) is 0 Å². The maximum atomic E-state index is 12.1. The molecule has 2 N–H and O–H groups in total. The van der Waals surface area contributed by atoms with Gasteiger partial charge in [0.25, 0.3) is 0 Å². The van der Waals surface area contributed by atoms with Crippen LogP contribution < -0.4 is 5.32 Å². The van der Waals surface area contributed by atoms with E-state index in [0.717, 1.165) is 36.0 Å². The summed E-state index contributed by atoms with van der Waals surface area (Å²) in [5, 5.41) is 16.0. The average Bonchev–Trinajstić information content (AvgIpc) is 3.35. The van der Waals surface area contributed by atoms with E-state index in [9.17, 15) is 9.59 Å². The molecule has 0 aromatic carbocycles. The number of likely N-dealkylation sites (tertiary alicyclic amines) is 1. The summed E-state index contributed by atoms with van der Waals surface area (Å²) in [7, 11) is 0. The average molecular weight is 412 g/mol. The highest BCUT2D eigenvalue weighted by Gasteiger charge is 2.30. The molecular formula is C17H21N3O3S3. The van der Waals surface area contributed by atoms with E-state index in [4.69, 9.17) is 5.11 Å². The van der Waals surface area contributed by atoms with Crippen LogP contribution in [0.15, 0.2) is 27.2 Å². The van der Waals surface area contributed by atoms with Crippen molar-refractivity contribution in [3.8, 4) is 0 Å². The topological polar surface area (TPSA) is 82.5 Å². The molecule has 3 heterocycles. The predicted octanol–water partition coefficient (Wildman–Crippen LogP) is 2.82. The summed E-state index contributed by atoms with van der Waals surface area (Å²) in [4.78, 5) is 30.4. The number of nitrogens with one attached hydrogen (secondary N) is 1. The Morgan fingerprint density at radius 3 is 3.08 bits per heavy atom. The molecule has 0 unspecified atom stereocenters. The maximum Gasteiger partial charge on any atom is 0.355 e. The van der Waals surface area contributed by atoms with E-state index in [0.29, 0.717) is 13.0 Å². The molecule has 9 heteroatoms. The van der Waals surface area contributed by atoms with Gasteiger partial charge in [0, 0.05) is 48.1 Å². The Labute approximate surface area is 164 Å². The fourth-order valence-electron chi connectivity index (χ4n) is 2.90. The second-order valence-corrected chi connectivity index (χ2v) is 9.20. The van der Waals surface area contributed by atoms with Gasteiger partial charge in [0.15, 0.2) is 10.0 Å². The smallest absolute Gasteiger partial charge is 0.355 e. The number of aromatic carboxylic acids is 1. The number of carbonyl (C=O) groups is 2. The third-order valence-electron chi connectivity index (χ3n) is 4.22. The summed E-state index contributed by atoms with van der Waals surface area (Å²) in [6, 6.07) is 4.46. The zero-order valence-corrected chi connectivity index (χ0v) is 16.7. The van der Waals surface area contributed by atoms with Crippen LogP contribution in [0.1, 0.15) is 28.2 Å². The van der Waals surface area contributed by atoms with Gasteiger partial charge in [-0.1, -0.05) is 17.8 Å². The number of hydrogen-bond acceptors (Lipinski definition) is 7. The molecule has 6 nitrogen and oxygen atoms in total. The molecule has 1 atom stereocenters. The van der Waals surface area contributed by atoms with Crippen molar-refractivity contribution in [3.63, 3.8) is 0 Å². The molecule has 0 saturated carbocycles. The number of thioether (sulfide) groups is 1. The van der Waals surface area contributed by atoms with Crippen molar-refractivity contribution >= 4 is 46.3 Å². The third kappa shape index (κ3) is 5.29. The van der Waals surface area contributed by atoms with Gasteiger partial charge in [-0.2, -0.15) is 0 Å². The lowest BCUT2D eigenvalue weighted by atomic mass is 10.2. The van der Waals surface area contributed by atoms with Gasteiger partial charge >= 0.3 is 5.97 Å². The van der Waals surface area contributed by atoms with Crippen molar-refractivity contribution in [1.29, 1.82) is 0 Å². The lowest BCUT2D eigenvalue weighted by Gasteiger charge is -2.25. The normalized spacial score (nSPS) is 17.2. The summed E-state index contributed by atoms with van der Waals surface area (Å²) in [5.74, 6) is -0.0678. The van der Waals surface area contributed by atoms with Crippen LogP contribution in [-0.4, -0.2) is 58.3 Å². The van der Waals surface area contributed by atoms with Crippen LogP contribution in [-0.2, 0) is 11.2 Å². The minimum Gasteiger partial charge on any atom is -0.476 e. The van der Waals surface area contributed by atoms with E-state index in [2.05, 4.69) is 27.8 Å². The van der Waals surface area contributed by atoms with E-state index in [1.54, 1.807) is 16.7 Å². The molecule has 3 rings (SSSR count). The number of hydrogen-bond donors (Lipinski definition) is 2. The summed E-state index contributed by atoms with van der Waals surface area (Å²) in [5.41, 5.74) is 0.0857. The number of aromatic nitrogens is 1. The minimum absolute atomic E-state index is 0.0857. The molecule has 26 heavy (non-hydrogen) atoms. The number of carbonyl (C=O) groups excluding carboxylic acids is 1. The first-order chi connectivity index (χ1) is 12.6. The van der Waals surface area contributed by atoms with E-state index < -0.39 is 5.97 Å². The highest BCUT2D eigenvalue weighted by atomic mass is 32.2. The Kier molecular flexibility index (Phi) is 7.07. The number of carboxylic acids is 1. The molecule has 140 valence electrons. The van der Waals surface area contributed by atoms with Crippen LogP contribution in [0.2, 0.25) is 0 Å². The molecule has 1 fully saturated rings. The minimum atomic E-state index is -1.00. The summed E-state index contributed by atoms with van der Waals surface area (Å²) in [6.45, 7) is 2.41. The predicted molar refractivity (Wildman–Crippen MR) is 105 cm³/mol. The van der Waals surface area contributed by atoms with Gasteiger partial charge in [-0.15, -0.1) is 22.7 Å². The molecule has 2 aromatic heterocycles. The van der Waals surface area contributed by atoms with Crippen LogP contribution >= 0.6 is 34.4 Å². The number of thiazole rings is 1. The number of carboxylic acid groups (broad SMARTS) is 1. The molecule has 1 aliphatic rings. The Balaban J connectivity index is 1.39. The Morgan fingerprint density at radius 2 is 2.35 bits per heavy atom. The van der Waals surface area contributed by atoms with Crippen molar-refractivity contribution < 1.29 is 14.7 Å². The van der Waals surface area contributed by atoms with Gasteiger partial charge in [-0.3, -0.25) is 4.79 Å². The molecule has 1 amide bonds. The van der Waals surface area contributed by atoms with Gasteiger partial charge < -0.3 is 15.3 Å². The largest absolute Gasteiger partial charge is 0.476 e. The quantitative estimate of drug-likeness (QED) is 0.462. The first-order valence-electron chi connectivity index (χ1n) is 8.47. The Bertz CT molecular complexity index is 733. The van der Waals surface area contributed by atoms with Gasteiger partial charge in [-0.25, -0.2) is 9.78 Å². The van der Waals surface area contributed by atoms with E-state index in [1.807, 2.05) is 4.90 Å². The van der Waals surface area contributed by atoms with Crippen LogP contribution in [0.4, 0.5) is 0 Å². The van der Waals surface area contributed by atoms with Gasteiger partial charge in [0.2, 0.25) is 5.91 Å². The molecule has 0 radical (unpaired) electrons. The van der Waals surface area contributed by atoms with Gasteiger partial charge in [-0.05, 0) is 24.3 Å². The van der Waals surface area contributed by atoms with Gasteiger partial charge in [0.1, 0.15) is 0 Å². The number of amides is 1. The lowest BCUT2D eigenvalue weighted by Crippen LogP contribution is -2.41. The van der Waals surface area contributed by atoms with Crippen LogP contribution in [0.25, 0.3) is 0 Å². The lowest BCUT2D eigenvalue weighted by molar-refractivity contribution is -0.128. The zero-order chi connectivity index (χ0) is 18.4. The molecule has 2 aromatic rings. The highest BCUT2D eigenvalue weighted by Crippen LogP contribution is 2.24. The first kappa shape index (κ1) is 19.3. The summed E-state index contributed by atoms with van der Waals surface area (Å²) in [6.07, 6.45) is 2.53. The maximum absolute atomic E-state index is 12.1. The number of thiophene rings is 1. The van der Waals surface area contributed by atoms with Crippen LogP contribution in [0, 0.1) is 0 Å². The SMILES string of the molecule is O=C(O)c1csc(SCCN2C(=O)CC[C@@H]2CNCCc2cccs2)n1. The molecular weight excluding hydrogens is 390 g/mol. The zero-order valence-electron chi connectivity index (χ0n) is 14.2. The monoisotopic (exact) mass is 411 g/mol. The molecule has 0 bridgehead atoms. The second-order valence-electron chi connectivity index (χ2n) is 5.97. The van der Waals surface area contributed by atoms with Crippen molar-refractivity contribution in [2.45, 2.75) is 29.6 Å². The molecule has 0 aliphatic carbocycles. The standard InChI is InChI=1S/C17H21N3O3S3/c21-15-4-3-12(10-18-6-5-13-2-1-8-24-13)20(15)7-9-25-17-19-14(11-26-17)16(22)23/h1-2,8,11-12,18H,3-7,9-10H2,(H,22,23)/t12-/m1/s1. The fourth-order valence-corrected chi connectivity index (χ4v) is 5.42. The molecule has 1 aliphatic heterocycles. The number of rotatable bonds is 10. The Hall–Kier alpha value is -1.42. The van der Waals surface area contributed by atoms with E-state index in [-0.39, 0.29) is 17.6 Å². The summed E-state index contributed by atoms with van der Waals surface area (Å²) < 4.78 is 0.736. The molecule has 1 saturated heterocycles. The fraction of sp³-hybridized carbons (Fsp3) is 0.471. The van der Waals surface area contributed by atoms with Crippen molar-refractivity contribution in [2.75, 3.05) is 25.4 Å². The van der Waals surface area contributed by atoms with Crippen molar-refractivity contribution in [2.24, 2.45) is 0 Å². The molecule has 0 spiro atoms. The second kappa shape index (κ2) is 9.50. The third-order valence-corrected chi connectivity index (χ3v) is 7.16. The first-order valence-corrected chi connectivity index (χ1v) is 11.2. The van der Waals surface area contributed by atoms with Crippen molar-refractivity contribution in [3.05, 3.63) is 33.5 Å². The Morgan fingerprint density at radius 1 is 1.46 bits per heavy atom. The van der Waals surface area contributed by atoms with Crippen LogP contribution in [0.5, 0.6) is 0 Å². The van der Waals surface area contributed by atoms with Crippen molar-refractivity contribution in [1.82, 2.24) is 15.2 Å². The number of nitrogens with zero attached hydrogens (tertiary/aromatic N) is 2. The van der Waals surface area contributed by atoms with Gasteiger partial charge in [0.05, 0.1) is 0 Å². The van der Waals surface area contributed by atoms with E-state index in [1.165, 1.54) is 28.0 Å².